The van der Waals surface area contributed by atoms with Gasteiger partial charge in [-0.15, -0.1) is 0 Å². The van der Waals surface area contributed by atoms with Crippen molar-refractivity contribution in [1.29, 1.82) is 0 Å². The van der Waals surface area contributed by atoms with Gasteiger partial charge in [0.25, 0.3) is 0 Å². The number of hydrogen-bond donors (Lipinski definition) is 0. The topological polar surface area (TPSA) is 32.3 Å². The Balaban J connectivity index is 1.94. The first-order chi connectivity index (χ1) is 8.84. The van der Waals surface area contributed by atoms with Crippen LogP contribution in [0.2, 0.25) is 0 Å². The van der Waals surface area contributed by atoms with Gasteiger partial charge in [0, 0.05) is 44.8 Å². The van der Waals surface area contributed by atoms with Crippen LogP contribution in [-0.4, -0.2) is 30.1 Å². The molecule has 0 fully saturated rings. The molecule has 1 aliphatic rings. The number of rotatable bonds is 1. The zero-order chi connectivity index (χ0) is 12.4. The molecule has 18 heavy (non-hydrogen) atoms. The SMILES string of the molecule is CN1CCN(c2cnccn2)Cc2ccccc21. The summed E-state index contributed by atoms with van der Waals surface area (Å²) in [5.74, 6) is 0.947. The molecule has 1 aromatic carbocycles. The lowest BCUT2D eigenvalue weighted by molar-refractivity contribution is 0.781. The molecule has 1 aromatic heterocycles. The molecular weight excluding hydrogens is 224 g/mol. The fraction of sp³-hybridized carbons (Fsp3) is 0.286. The van der Waals surface area contributed by atoms with Crippen molar-refractivity contribution in [2.45, 2.75) is 6.54 Å². The molecule has 0 unspecified atom stereocenters. The summed E-state index contributed by atoms with van der Waals surface area (Å²) in [5, 5.41) is 0. The predicted octanol–water partition coefficient (Wildman–Crippen LogP) is 1.93. The van der Waals surface area contributed by atoms with Crippen LogP contribution in [0.25, 0.3) is 0 Å². The Labute approximate surface area is 107 Å². The standard InChI is InChI=1S/C14H16N4/c1-17-8-9-18(14-10-15-6-7-16-14)11-12-4-2-3-5-13(12)17/h2-7,10H,8-9,11H2,1H3. The Hall–Kier alpha value is -2.10. The molecule has 0 amide bonds. The van der Waals surface area contributed by atoms with Gasteiger partial charge in [0.1, 0.15) is 5.82 Å². The van der Waals surface area contributed by atoms with Crippen molar-refractivity contribution in [3.8, 4) is 0 Å². The minimum Gasteiger partial charge on any atom is -0.373 e. The number of aromatic nitrogens is 2. The summed E-state index contributed by atoms with van der Waals surface area (Å²) in [6, 6.07) is 8.54. The van der Waals surface area contributed by atoms with Gasteiger partial charge < -0.3 is 9.80 Å². The summed E-state index contributed by atoms with van der Waals surface area (Å²) in [6.07, 6.45) is 5.28. The molecule has 0 radical (unpaired) electrons. The first-order valence-electron chi connectivity index (χ1n) is 6.14. The number of nitrogens with zero attached hydrogens (tertiary/aromatic N) is 4. The Kier molecular flexibility index (Phi) is 2.84. The molecule has 0 saturated heterocycles. The van der Waals surface area contributed by atoms with Gasteiger partial charge in [-0.05, 0) is 11.6 Å². The van der Waals surface area contributed by atoms with Crippen LogP contribution in [0.3, 0.4) is 0 Å². The molecule has 4 nitrogen and oxygen atoms in total. The van der Waals surface area contributed by atoms with E-state index in [1.165, 1.54) is 11.3 Å². The van der Waals surface area contributed by atoms with E-state index in [9.17, 15) is 0 Å². The summed E-state index contributed by atoms with van der Waals surface area (Å²) in [6.45, 7) is 2.84. The zero-order valence-electron chi connectivity index (χ0n) is 10.5. The highest BCUT2D eigenvalue weighted by atomic mass is 15.2. The smallest absolute Gasteiger partial charge is 0.147 e. The molecular formula is C14H16N4. The van der Waals surface area contributed by atoms with E-state index in [-0.39, 0.29) is 0 Å². The molecule has 1 aliphatic heterocycles. The van der Waals surface area contributed by atoms with E-state index in [2.05, 4.69) is 51.1 Å². The van der Waals surface area contributed by atoms with Crippen LogP contribution in [0, 0.1) is 0 Å². The maximum atomic E-state index is 4.39. The number of likely N-dealkylation sites (N-methyl/N-ethyl adjacent to an activating group) is 1. The minimum atomic E-state index is 0.888. The fourth-order valence-corrected chi connectivity index (χ4v) is 2.34. The summed E-state index contributed by atoms with van der Waals surface area (Å²) >= 11 is 0. The van der Waals surface area contributed by atoms with Crippen molar-refractivity contribution in [3.63, 3.8) is 0 Å². The molecule has 0 bridgehead atoms. The summed E-state index contributed by atoms with van der Waals surface area (Å²) in [5.41, 5.74) is 2.65. The van der Waals surface area contributed by atoms with Gasteiger partial charge in [-0.2, -0.15) is 0 Å². The van der Waals surface area contributed by atoms with Crippen LogP contribution in [-0.2, 0) is 6.54 Å². The number of hydrogen-bond acceptors (Lipinski definition) is 4. The second-order valence-electron chi connectivity index (χ2n) is 4.54. The van der Waals surface area contributed by atoms with E-state index in [0.717, 1.165) is 25.5 Å². The lowest BCUT2D eigenvalue weighted by atomic mass is 10.1. The lowest BCUT2D eigenvalue weighted by Gasteiger charge is -2.21. The van der Waals surface area contributed by atoms with Gasteiger partial charge in [-0.3, -0.25) is 4.98 Å². The fourth-order valence-electron chi connectivity index (χ4n) is 2.34. The number of para-hydroxylation sites is 1. The largest absolute Gasteiger partial charge is 0.373 e. The molecule has 0 saturated carbocycles. The summed E-state index contributed by atoms with van der Waals surface area (Å²) < 4.78 is 0. The van der Waals surface area contributed by atoms with E-state index in [4.69, 9.17) is 0 Å². The summed E-state index contributed by atoms with van der Waals surface area (Å²) in [4.78, 5) is 13.1. The normalized spacial score (nSPS) is 15.2. The minimum absolute atomic E-state index is 0.888. The Morgan fingerprint density at radius 3 is 2.83 bits per heavy atom. The van der Waals surface area contributed by atoms with E-state index in [0.29, 0.717) is 0 Å². The molecule has 0 aliphatic carbocycles. The van der Waals surface area contributed by atoms with Crippen LogP contribution < -0.4 is 9.80 Å². The molecule has 0 N–H and O–H groups in total. The van der Waals surface area contributed by atoms with E-state index in [1.807, 2.05) is 6.20 Å². The van der Waals surface area contributed by atoms with Crippen molar-refractivity contribution in [1.82, 2.24) is 9.97 Å². The molecule has 0 spiro atoms. The number of anilines is 2. The first kappa shape index (κ1) is 11.0. The van der Waals surface area contributed by atoms with Crippen LogP contribution in [0.15, 0.2) is 42.9 Å². The van der Waals surface area contributed by atoms with Gasteiger partial charge in [0.05, 0.1) is 6.20 Å². The van der Waals surface area contributed by atoms with Gasteiger partial charge in [0.15, 0.2) is 0 Å². The third-order valence-corrected chi connectivity index (χ3v) is 3.34. The average molecular weight is 240 g/mol. The molecule has 2 aromatic rings. The molecule has 4 heteroatoms. The van der Waals surface area contributed by atoms with Crippen molar-refractivity contribution in [2.24, 2.45) is 0 Å². The second kappa shape index (κ2) is 4.64. The molecule has 2 heterocycles. The van der Waals surface area contributed by atoms with Gasteiger partial charge in [-0.1, -0.05) is 18.2 Å². The van der Waals surface area contributed by atoms with Gasteiger partial charge >= 0.3 is 0 Å². The van der Waals surface area contributed by atoms with Crippen LogP contribution in [0.4, 0.5) is 11.5 Å². The van der Waals surface area contributed by atoms with E-state index < -0.39 is 0 Å². The summed E-state index contributed by atoms with van der Waals surface area (Å²) in [7, 11) is 2.14. The highest BCUT2D eigenvalue weighted by Crippen LogP contribution is 2.25. The van der Waals surface area contributed by atoms with Gasteiger partial charge in [-0.25, -0.2) is 4.98 Å². The van der Waals surface area contributed by atoms with Crippen LogP contribution in [0.5, 0.6) is 0 Å². The monoisotopic (exact) mass is 240 g/mol. The zero-order valence-corrected chi connectivity index (χ0v) is 10.5. The average Bonchev–Trinajstić information content (AvgIpc) is 2.60. The number of benzene rings is 1. The quantitative estimate of drug-likeness (QED) is 0.762. The molecule has 92 valence electrons. The predicted molar refractivity (Wildman–Crippen MR) is 72.8 cm³/mol. The third-order valence-electron chi connectivity index (χ3n) is 3.34. The maximum absolute atomic E-state index is 4.39. The lowest BCUT2D eigenvalue weighted by Crippen LogP contribution is -2.29. The highest BCUT2D eigenvalue weighted by molar-refractivity contribution is 5.56. The van der Waals surface area contributed by atoms with Crippen molar-refractivity contribution < 1.29 is 0 Å². The van der Waals surface area contributed by atoms with Crippen molar-refractivity contribution >= 4 is 11.5 Å². The second-order valence-corrected chi connectivity index (χ2v) is 4.54. The van der Waals surface area contributed by atoms with Crippen molar-refractivity contribution in [3.05, 3.63) is 48.4 Å². The molecule has 0 atom stereocenters. The van der Waals surface area contributed by atoms with Crippen LogP contribution in [0.1, 0.15) is 5.56 Å². The highest BCUT2D eigenvalue weighted by Gasteiger charge is 2.17. The van der Waals surface area contributed by atoms with Crippen LogP contribution >= 0.6 is 0 Å². The van der Waals surface area contributed by atoms with E-state index >= 15 is 0 Å². The Bertz CT molecular complexity index is 526. The first-order valence-corrected chi connectivity index (χ1v) is 6.14. The maximum Gasteiger partial charge on any atom is 0.147 e. The molecule has 3 rings (SSSR count). The Morgan fingerprint density at radius 2 is 2.00 bits per heavy atom. The Morgan fingerprint density at radius 1 is 1.11 bits per heavy atom. The van der Waals surface area contributed by atoms with Crippen molar-refractivity contribution in [2.75, 3.05) is 29.9 Å². The van der Waals surface area contributed by atoms with E-state index in [1.54, 1.807) is 12.4 Å². The third kappa shape index (κ3) is 2.01. The number of fused-ring (bicyclic) bond motifs is 1. The van der Waals surface area contributed by atoms with Gasteiger partial charge in [0.2, 0.25) is 0 Å².